The number of pyridine rings is 1. The second kappa shape index (κ2) is 7.33. The van der Waals surface area contributed by atoms with Crippen molar-refractivity contribution in [3.05, 3.63) is 64.2 Å². The summed E-state index contributed by atoms with van der Waals surface area (Å²) in [6.45, 7) is 0.747. The fraction of sp³-hybridized carbons (Fsp3) is 0.211. The van der Waals surface area contributed by atoms with Crippen LogP contribution in [0.4, 0.5) is 5.69 Å². The molecule has 0 saturated carbocycles. The summed E-state index contributed by atoms with van der Waals surface area (Å²) < 4.78 is 25.0. The monoisotopic (exact) mass is 414 g/mol. The maximum absolute atomic E-state index is 12.5. The van der Waals surface area contributed by atoms with Crippen molar-refractivity contribution >= 4 is 33.0 Å². The van der Waals surface area contributed by atoms with Gasteiger partial charge in [-0.3, -0.25) is 14.1 Å². The van der Waals surface area contributed by atoms with Gasteiger partial charge in [-0.1, -0.05) is 0 Å². The van der Waals surface area contributed by atoms with Crippen LogP contribution < -0.4 is 9.62 Å². The van der Waals surface area contributed by atoms with Gasteiger partial charge in [-0.25, -0.2) is 13.4 Å². The number of amides is 1. The molecular weight excluding hydrogens is 396 g/mol. The van der Waals surface area contributed by atoms with Crippen molar-refractivity contribution in [2.24, 2.45) is 0 Å². The average Bonchev–Trinajstić information content (AvgIpc) is 3.33. The molecule has 0 bridgehead atoms. The van der Waals surface area contributed by atoms with Crippen LogP contribution in [0.1, 0.15) is 20.9 Å². The highest BCUT2D eigenvalue weighted by atomic mass is 32.2. The Kier molecular flexibility index (Phi) is 4.86. The molecule has 28 heavy (non-hydrogen) atoms. The van der Waals surface area contributed by atoms with Gasteiger partial charge in [0.1, 0.15) is 5.01 Å². The van der Waals surface area contributed by atoms with Crippen molar-refractivity contribution in [2.45, 2.75) is 13.0 Å². The zero-order valence-corrected chi connectivity index (χ0v) is 16.8. The average molecular weight is 415 g/mol. The van der Waals surface area contributed by atoms with Crippen molar-refractivity contribution in [1.82, 2.24) is 15.3 Å². The van der Waals surface area contributed by atoms with Gasteiger partial charge in [-0.2, -0.15) is 0 Å². The minimum absolute atomic E-state index is 0.207. The first-order chi connectivity index (χ1) is 13.4. The number of carbonyl (C=O) groups is 1. The number of thiazole rings is 1. The molecule has 0 fully saturated rings. The Morgan fingerprint density at radius 2 is 2.04 bits per heavy atom. The fourth-order valence-corrected chi connectivity index (χ4v) is 4.86. The largest absolute Gasteiger partial charge is 0.346 e. The molecule has 0 aliphatic carbocycles. The van der Waals surface area contributed by atoms with E-state index in [1.54, 1.807) is 30.6 Å². The van der Waals surface area contributed by atoms with Gasteiger partial charge in [0, 0.05) is 35.4 Å². The predicted octanol–water partition coefficient (Wildman–Crippen LogP) is 2.46. The van der Waals surface area contributed by atoms with E-state index in [4.69, 9.17) is 0 Å². The van der Waals surface area contributed by atoms with Gasteiger partial charge in [-0.05, 0) is 42.3 Å². The third kappa shape index (κ3) is 3.76. The standard InChI is InChI=1S/C19H18N4O3S2/c1-28(25,26)23-9-6-14-10-15(2-3-17(14)23)19(24)21-11-18-22-16(12-27-18)13-4-7-20-8-5-13/h2-5,7-8,10,12H,6,9,11H2,1H3,(H,21,24). The number of rotatable bonds is 5. The number of benzene rings is 1. The van der Waals surface area contributed by atoms with Gasteiger partial charge < -0.3 is 5.32 Å². The molecule has 9 heteroatoms. The van der Waals surface area contributed by atoms with Gasteiger partial charge in [0.25, 0.3) is 5.91 Å². The topological polar surface area (TPSA) is 92.3 Å². The number of nitrogens with one attached hydrogen (secondary N) is 1. The molecule has 0 unspecified atom stereocenters. The summed E-state index contributed by atoms with van der Waals surface area (Å²) in [5, 5.41) is 5.64. The summed E-state index contributed by atoms with van der Waals surface area (Å²) in [5.41, 5.74) is 3.88. The van der Waals surface area contributed by atoms with E-state index in [0.717, 1.165) is 21.8 Å². The summed E-state index contributed by atoms with van der Waals surface area (Å²) in [4.78, 5) is 21.0. The molecule has 1 aliphatic heterocycles. The van der Waals surface area contributed by atoms with Crippen molar-refractivity contribution in [3.8, 4) is 11.3 Å². The second-order valence-corrected chi connectivity index (χ2v) is 9.32. The smallest absolute Gasteiger partial charge is 0.251 e. The Bertz CT molecular complexity index is 1130. The summed E-state index contributed by atoms with van der Waals surface area (Å²) in [6.07, 6.45) is 5.23. The molecule has 0 spiro atoms. The minimum Gasteiger partial charge on any atom is -0.346 e. The van der Waals surface area contributed by atoms with Crippen LogP contribution in [-0.4, -0.2) is 37.1 Å². The van der Waals surface area contributed by atoms with Crippen LogP contribution >= 0.6 is 11.3 Å². The van der Waals surface area contributed by atoms with E-state index >= 15 is 0 Å². The van der Waals surface area contributed by atoms with Crippen LogP contribution in [0.5, 0.6) is 0 Å². The van der Waals surface area contributed by atoms with Gasteiger partial charge in [0.15, 0.2) is 0 Å². The molecule has 7 nitrogen and oxygen atoms in total. The SMILES string of the molecule is CS(=O)(=O)N1CCc2cc(C(=O)NCc3nc(-c4ccncc4)cs3)ccc21. The molecule has 1 N–H and O–H groups in total. The van der Waals surface area contributed by atoms with Crippen LogP contribution in [-0.2, 0) is 23.0 Å². The first-order valence-corrected chi connectivity index (χ1v) is 11.4. The molecular formula is C19H18N4O3S2. The van der Waals surface area contributed by atoms with Crippen LogP contribution in [0.15, 0.2) is 48.1 Å². The lowest BCUT2D eigenvalue weighted by Gasteiger charge is -2.16. The Morgan fingerprint density at radius 3 is 2.79 bits per heavy atom. The number of anilines is 1. The van der Waals surface area contributed by atoms with E-state index in [-0.39, 0.29) is 5.91 Å². The number of hydrogen-bond donors (Lipinski definition) is 1. The highest BCUT2D eigenvalue weighted by molar-refractivity contribution is 7.92. The van der Waals surface area contributed by atoms with E-state index in [2.05, 4.69) is 15.3 Å². The van der Waals surface area contributed by atoms with Gasteiger partial charge in [0.05, 0.1) is 24.2 Å². The van der Waals surface area contributed by atoms with Crippen LogP contribution in [0.2, 0.25) is 0 Å². The van der Waals surface area contributed by atoms with E-state index in [1.165, 1.54) is 21.9 Å². The maximum atomic E-state index is 12.5. The lowest BCUT2D eigenvalue weighted by atomic mass is 10.1. The lowest BCUT2D eigenvalue weighted by molar-refractivity contribution is 0.0951. The number of carbonyl (C=O) groups excluding carboxylic acids is 1. The lowest BCUT2D eigenvalue weighted by Crippen LogP contribution is -2.27. The minimum atomic E-state index is -3.29. The van der Waals surface area contributed by atoms with Crippen LogP contribution in [0.3, 0.4) is 0 Å². The zero-order valence-electron chi connectivity index (χ0n) is 15.1. The number of aromatic nitrogens is 2. The van der Waals surface area contributed by atoms with Gasteiger partial charge in [-0.15, -0.1) is 11.3 Å². The summed E-state index contributed by atoms with van der Waals surface area (Å²) in [7, 11) is -3.29. The van der Waals surface area contributed by atoms with Crippen molar-refractivity contribution in [3.63, 3.8) is 0 Å². The van der Waals surface area contributed by atoms with E-state index < -0.39 is 10.0 Å². The van der Waals surface area contributed by atoms with Crippen molar-refractivity contribution in [1.29, 1.82) is 0 Å². The first-order valence-electron chi connectivity index (χ1n) is 8.65. The van der Waals surface area contributed by atoms with E-state index in [1.807, 2.05) is 17.5 Å². The number of sulfonamides is 1. The molecule has 3 aromatic rings. The molecule has 3 heterocycles. The Morgan fingerprint density at radius 1 is 1.25 bits per heavy atom. The third-order valence-corrected chi connectivity index (χ3v) is 6.55. The molecule has 4 rings (SSSR count). The molecule has 1 amide bonds. The summed E-state index contributed by atoms with van der Waals surface area (Å²) in [6, 6.07) is 8.90. The normalized spacial score (nSPS) is 13.4. The fourth-order valence-electron chi connectivity index (χ4n) is 3.16. The molecule has 1 aliphatic rings. The molecule has 0 atom stereocenters. The highest BCUT2D eigenvalue weighted by Crippen LogP contribution is 2.30. The number of fused-ring (bicyclic) bond motifs is 1. The van der Waals surface area contributed by atoms with Crippen molar-refractivity contribution in [2.75, 3.05) is 17.1 Å². The van der Waals surface area contributed by atoms with Crippen LogP contribution in [0.25, 0.3) is 11.3 Å². The predicted molar refractivity (Wildman–Crippen MR) is 109 cm³/mol. The molecule has 0 radical (unpaired) electrons. The maximum Gasteiger partial charge on any atom is 0.251 e. The van der Waals surface area contributed by atoms with E-state index in [9.17, 15) is 13.2 Å². The second-order valence-electron chi connectivity index (χ2n) is 6.47. The number of nitrogens with zero attached hydrogens (tertiary/aromatic N) is 3. The highest BCUT2D eigenvalue weighted by Gasteiger charge is 2.26. The zero-order chi connectivity index (χ0) is 19.7. The molecule has 2 aromatic heterocycles. The Labute approximate surface area is 167 Å². The molecule has 1 aromatic carbocycles. The quantitative estimate of drug-likeness (QED) is 0.692. The Hall–Kier alpha value is -2.78. The first kappa shape index (κ1) is 18.6. The molecule has 144 valence electrons. The summed E-state index contributed by atoms with van der Waals surface area (Å²) in [5.74, 6) is -0.207. The third-order valence-electron chi connectivity index (χ3n) is 4.52. The van der Waals surface area contributed by atoms with Crippen LogP contribution in [0, 0.1) is 0 Å². The Balaban J connectivity index is 1.43. The molecule has 0 saturated heterocycles. The number of hydrogen-bond acceptors (Lipinski definition) is 6. The van der Waals surface area contributed by atoms with Crippen molar-refractivity contribution < 1.29 is 13.2 Å². The van der Waals surface area contributed by atoms with Gasteiger partial charge >= 0.3 is 0 Å². The van der Waals surface area contributed by atoms with E-state index in [0.29, 0.717) is 30.8 Å². The summed E-state index contributed by atoms with van der Waals surface area (Å²) >= 11 is 1.49. The van der Waals surface area contributed by atoms with Gasteiger partial charge in [0.2, 0.25) is 10.0 Å².